The minimum absolute atomic E-state index is 0.0300. The Morgan fingerprint density at radius 3 is 2.24 bits per heavy atom. The summed E-state index contributed by atoms with van der Waals surface area (Å²) in [5, 5.41) is 3.02. The second-order valence-corrected chi connectivity index (χ2v) is 7.05. The summed E-state index contributed by atoms with van der Waals surface area (Å²) >= 11 is 0. The molecule has 0 unspecified atom stereocenters. The number of anilines is 3. The molecule has 29 heavy (non-hydrogen) atoms. The number of nitrogens with zero attached hydrogens (tertiary/aromatic N) is 2. The van der Waals surface area contributed by atoms with Crippen LogP contribution in [0.1, 0.15) is 0 Å². The number of benzene rings is 2. The number of ether oxygens (including phenoxy) is 3. The number of rotatable bonds is 6. The molecule has 2 saturated heterocycles. The molecule has 4 rings (SSSR count). The Morgan fingerprint density at radius 2 is 1.55 bits per heavy atom. The highest BCUT2D eigenvalue weighted by molar-refractivity contribution is 5.96. The van der Waals surface area contributed by atoms with Crippen molar-refractivity contribution < 1.29 is 19.0 Å². The van der Waals surface area contributed by atoms with Gasteiger partial charge in [-0.25, -0.2) is 0 Å². The largest absolute Gasteiger partial charge is 0.484 e. The molecule has 2 heterocycles. The lowest BCUT2D eigenvalue weighted by Gasteiger charge is -2.33. The molecular formula is C22H27N3O4. The maximum absolute atomic E-state index is 12.5. The molecule has 2 fully saturated rings. The van der Waals surface area contributed by atoms with E-state index in [1.807, 2.05) is 36.4 Å². The summed E-state index contributed by atoms with van der Waals surface area (Å²) in [6.07, 6.45) is 0. The van der Waals surface area contributed by atoms with E-state index in [4.69, 9.17) is 14.2 Å². The molecule has 2 aliphatic rings. The third-order valence-electron chi connectivity index (χ3n) is 5.10. The van der Waals surface area contributed by atoms with Gasteiger partial charge in [0.25, 0.3) is 5.91 Å². The van der Waals surface area contributed by atoms with Crippen LogP contribution in [-0.4, -0.2) is 65.1 Å². The van der Waals surface area contributed by atoms with Gasteiger partial charge in [-0.2, -0.15) is 0 Å². The fourth-order valence-electron chi connectivity index (χ4n) is 3.56. The Morgan fingerprint density at radius 1 is 0.897 bits per heavy atom. The second kappa shape index (κ2) is 9.62. The normalized spacial score (nSPS) is 17.1. The number of para-hydroxylation sites is 1. The second-order valence-electron chi connectivity index (χ2n) is 7.05. The van der Waals surface area contributed by atoms with E-state index in [0.29, 0.717) is 19.0 Å². The number of hydrogen-bond donors (Lipinski definition) is 1. The molecule has 1 amide bonds. The molecule has 0 aromatic heterocycles. The average molecular weight is 397 g/mol. The summed E-state index contributed by atoms with van der Waals surface area (Å²) in [6.45, 7) is 6.17. The zero-order valence-electron chi connectivity index (χ0n) is 16.5. The third kappa shape index (κ3) is 5.19. The Labute approximate surface area is 171 Å². The number of morpholine rings is 2. The minimum atomic E-state index is -0.178. The standard InChI is InChI=1S/C22H27N3O4/c26-22(17-29-19-4-2-1-3-5-19)23-20-7-6-18(24-8-12-27-13-9-24)16-21(20)25-10-14-28-15-11-25/h1-7,16H,8-15,17H2,(H,23,26). The van der Waals surface area contributed by atoms with Crippen molar-refractivity contribution in [1.82, 2.24) is 0 Å². The monoisotopic (exact) mass is 397 g/mol. The van der Waals surface area contributed by atoms with Gasteiger partial charge in [-0.05, 0) is 30.3 Å². The lowest BCUT2D eigenvalue weighted by molar-refractivity contribution is -0.118. The first-order chi connectivity index (χ1) is 14.3. The quantitative estimate of drug-likeness (QED) is 0.808. The van der Waals surface area contributed by atoms with Crippen molar-refractivity contribution in [1.29, 1.82) is 0 Å². The van der Waals surface area contributed by atoms with E-state index in [0.717, 1.165) is 56.5 Å². The van der Waals surface area contributed by atoms with E-state index in [-0.39, 0.29) is 12.5 Å². The molecule has 0 bridgehead atoms. The topological polar surface area (TPSA) is 63.3 Å². The van der Waals surface area contributed by atoms with Crippen LogP contribution in [0.15, 0.2) is 48.5 Å². The maximum atomic E-state index is 12.5. The number of nitrogens with one attached hydrogen (secondary N) is 1. The number of amides is 1. The van der Waals surface area contributed by atoms with Crippen LogP contribution in [0, 0.1) is 0 Å². The van der Waals surface area contributed by atoms with E-state index in [1.165, 1.54) is 0 Å². The highest BCUT2D eigenvalue weighted by Gasteiger charge is 2.19. The molecule has 2 aromatic rings. The summed E-state index contributed by atoms with van der Waals surface area (Å²) in [5.41, 5.74) is 2.96. The van der Waals surface area contributed by atoms with Crippen molar-refractivity contribution >= 4 is 23.0 Å². The van der Waals surface area contributed by atoms with Crippen LogP contribution in [0.25, 0.3) is 0 Å². The summed E-state index contributed by atoms with van der Waals surface area (Å²) in [6, 6.07) is 15.6. The van der Waals surface area contributed by atoms with Crippen molar-refractivity contribution in [3.63, 3.8) is 0 Å². The fourth-order valence-corrected chi connectivity index (χ4v) is 3.56. The zero-order chi connectivity index (χ0) is 19.9. The van der Waals surface area contributed by atoms with Crippen LogP contribution >= 0.6 is 0 Å². The van der Waals surface area contributed by atoms with Crippen LogP contribution in [-0.2, 0) is 14.3 Å². The Kier molecular flexibility index (Phi) is 6.49. The van der Waals surface area contributed by atoms with Crippen molar-refractivity contribution in [3.05, 3.63) is 48.5 Å². The van der Waals surface area contributed by atoms with Crippen molar-refractivity contribution in [2.24, 2.45) is 0 Å². The zero-order valence-corrected chi connectivity index (χ0v) is 16.5. The molecule has 2 aromatic carbocycles. The average Bonchev–Trinajstić information content (AvgIpc) is 2.80. The highest BCUT2D eigenvalue weighted by atomic mass is 16.5. The van der Waals surface area contributed by atoms with Gasteiger partial charge in [0.15, 0.2) is 6.61 Å². The lowest BCUT2D eigenvalue weighted by atomic mass is 10.1. The summed E-state index contributed by atoms with van der Waals surface area (Å²) < 4.78 is 16.5. The molecule has 0 radical (unpaired) electrons. The molecule has 7 nitrogen and oxygen atoms in total. The predicted molar refractivity (Wildman–Crippen MR) is 113 cm³/mol. The Hall–Kier alpha value is -2.77. The first-order valence-electron chi connectivity index (χ1n) is 10.1. The first kappa shape index (κ1) is 19.5. The van der Waals surface area contributed by atoms with Gasteiger partial charge in [-0.1, -0.05) is 18.2 Å². The fraction of sp³-hybridized carbons (Fsp3) is 0.409. The van der Waals surface area contributed by atoms with Gasteiger partial charge < -0.3 is 29.3 Å². The molecule has 0 atom stereocenters. The van der Waals surface area contributed by atoms with Gasteiger partial charge in [0.2, 0.25) is 0 Å². The van der Waals surface area contributed by atoms with Crippen LogP contribution in [0.3, 0.4) is 0 Å². The Balaban J connectivity index is 1.48. The summed E-state index contributed by atoms with van der Waals surface area (Å²) in [4.78, 5) is 17.1. The van der Waals surface area contributed by atoms with Gasteiger partial charge in [0.05, 0.1) is 37.8 Å². The summed E-state index contributed by atoms with van der Waals surface area (Å²) in [5.74, 6) is 0.501. The van der Waals surface area contributed by atoms with Crippen LogP contribution in [0.2, 0.25) is 0 Å². The van der Waals surface area contributed by atoms with Gasteiger partial charge in [0.1, 0.15) is 5.75 Å². The SMILES string of the molecule is O=C(COc1ccccc1)Nc1ccc(N2CCOCC2)cc1N1CCOCC1. The molecule has 154 valence electrons. The number of carbonyl (C=O) groups excluding carboxylic acids is 1. The number of hydrogen-bond acceptors (Lipinski definition) is 6. The maximum Gasteiger partial charge on any atom is 0.262 e. The van der Waals surface area contributed by atoms with Gasteiger partial charge >= 0.3 is 0 Å². The molecule has 0 saturated carbocycles. The number of carbonyl (C=O) groups is 1. The van der Waals surface area contributed by atoms with Gasteiger partial charge in [-0.15, -0.1) is 0 Å². The van der Waals surface area contributed by atoms with Crippen molar-refractivity contribution in [2.45, 2.75) is 0 Å². The minimum Gasteiger partial charge on any atom is -0.484 e. The highest BCUT2D eigenvalue weighted by Crippen LogP contribution is 2.32. The van der Waals surface area contributed by atoms with Crippen molar-refractivity contribution in [3.8, 4) is 5.75 Å². The molecule has 1 N–H and O–H groups in total. The van der Waals surface area contributed by atoms with Crippen molar-refractivity contribution in [2.75, 3.05) is 74.3 Å². The lowest BCUT2D eigenvalue weighted by Crippen LogP contribution is -2.38. The van der Waals surface area contributed by atoms with Crippen LogP contribution < -0.4 is 19.9 Å². The van der Waals surface area contributed by atoms with E-state index < -0.39 is 0 Å². The van der Waals surface area contributed by atoms with Crippen LogP contribution in [0.5, 0.6) is 5.75 Å². The van der Waals surface area contributed by atoms with E-state index in [2.05, 4.69) is 27.2 Å². The predicted octanol–water partition coefficient (Wildman–Crippen LogP) is 2.38. The molecule has 0 spiro atoms. The smallest absolute Gasteiger partial charge is 0.262 e. The molecular weight excluding hydrogens is 370 g/mol. The molecule has 2 aliphatic heterocycles. The third-order valence-corrected chi connectivity index (χ3v) is 5.10. The van der Waals surface area contributed by atoms with E-state index in [1.54, 1.807) is 0 Å². The summed E-state index contributed by atoms with van der Waals surface area (Å²) in [7, 11) is 0. The van der Waals surface area contributed by atoms with Gasteiger partial charge in [-0.3, -0.25) is 4.79 Å². The van der Waals surface area contributed by atoms with E-state index in [9.17, 15) is 4.79 Å². The van der Waals surface area contributed by atoms with Crippen LogP contribution in [0.4, 0.5) is 17.1 Å². The molecule has 7 heteroatoms. The molecule has 0 aliphatic carbocycles. The Bertz CT molecular complexity index is 803. The van der Waals surface area contributed by atoms with E-state index >= 15 is 0 Å². The first-order valence-corrected chi connectivity index (χ1v) is 10.1. The van der Waals surface area contributed by atoms with Gasteiger partial charge in [0, 0.05) is 31.9 Å².